The fourth-order valence-electron chi connectivity index (χ4n) is 2.13. The first-order valence-corrected chi connectivity index (χ1v) is 8.49. The highest BCUT2D eigenvalue weighted by Gasteiger charge is 2.14. The molecule has 3 aromatic heterocycles. The molecule has 6 heteroatoms. The third-order valence-corrected chi connectivity index (χ3v) is 5.18. The van der Waals surface area contributed by atoms with Crippen LogP contribution in [0.15, 0.2) is 22.9 Å². The minimum Gasteiger partial charge on any atom is -0.355 e. The molecule has 0 atom stereocenters. The van der Waals surface area contributed by atoms with E-state index in [2.05, 4.69) is 44.7 Å². The highest BCUT2D eigenvalue weighted by Crippen LogP contribution is 2.32. The summed E-state index contributed by atoms with van der Waals surface area (Å²) >= 11 is 9.46. The van der Waals surface area contributed by atoms with E-state index in [0.717, 1.165) is 29.0 Å². The average molecular weight is 324 g/mol. The molecule has 0 saturated carbocycles. The van der Waals surface area contributed by atoms with E-state index in [1.165, 1.54) is 10.4 Å². The van der Waals surface area contributed by atoms with Crippen molar-refractivity contribution in [1.82, 2.24) is 9.97 Å². The molecule has 0 spiro atoms. The topological polar surface area (TPSA) is 29.0 Å². The van der Waals surface area contributed by atoms with Crippen LogP contribution in [0.4, 0.5) is 5.82 Å². The fraction of sp³-hybridized carbons (Fsp3) is 0.286. The van der Waals surface area contributed by atoms with Crippen molar-refractivity contribution >= 4 is 50.3 Å². The van der Waals surface area contributed by atoms with Gasteiger partial charge in [0.15, 0.2) is 0 Å². The smallest absolute Gasteiger partial charge is 0.225 e. The van der Waals surface area contributed by atoms with Crippen LogP contribution in [0.25, 0.3) is 10.2 Å². The van der Waals surface area contributed by atoms with E-state index in [1.54, 1.807) is 22.7 Å². The number of anilines is 1. The van der Waals surface area contributed by atoms with E-state index >= 15 is 0 Å². The number of hydrogen-bond donors (Lipinski definition) is 0. The summed E-state index contributed by atoms with van der Waals surface area (Å²) in [7, 11) is 2.04. The number of aromatic nitrogens is 2. The molecule has 20 heavy (non-hydrogen) atoms. The van der Waals surface area contributed by atoms with Crippen molar-refractivity contribution in [2.45, 2.75) is 19.9 Å². The van der Waals surface area contributed by atoms with Crippen LogP contribution in [0.5, 0.6) is 0 Å². The predicted molar refractivity (Wildman–Crippen MR) is 88.2 cm³/mol. The van der Waals surface area contributed by atoms with Crippen LogP contribution in [-0.2, 0) is 13.0 Å². The van der Waals surface area contributed by atoms with Crippen LogP contribution in [-0.4, -0.2) is 17.0 Å². The Bertz CT molecular complexity index is 721. The first kappa shape index (κ1) is 13.8. The average Bonchev–Trinajstić information content (AvgIpc) is 3.06. The number of nitrogens with zero attached hydrogens (tertiary/aromatic N) is 3. The fourth-order valence-corrected chi connectivity index (χ4v) is 3.96. The number of thiophene rings is 2. The molecule has 0 aromatic carbocycles. The minimum atomic E-state index is 0.314. The highest BCUT2D eigenvalue weighted by molar-refractivity contribution is 7.18. The van der Waals surface area contributed by atoms with Crippen LogP contribution in [0.2, 0.25) is 5.28 Å². The number of halogens is 1. The molecule has 0 fully saturated rings. The van der Waals surface area contributed by atoms with E-state index in [1.807, 2.05) is 7.05 Å². The molecule has 0 bridgehead atoms. The molecular formula is C14H14ClN3S2. The largest absolute Gasteiger partial charge is 0.355 e. The second-order valence-electron chi connectivity index (χ2n) is 4.59. The van der Waals surface area contributed by atoms with E-state index in [0.29, 0.717) is 5.28 Å². The Kier molecular flexibility index (Phi) is 3.92. The van der Waals surface area contributed by atoms with Gasteiger partial charge >= 0.3 is 0 Å². The van der Waals surface area contributed by atoms with Gasteiger partial charge in [-0.15, -0.1) is 11.3 Å². The first-order valence-electron chi connectivity index (χ1n) is 6.35. The van der Waals surface area contributed by atoms with Gasteiger partial charge in [0.2, 0.25) is 5.28 Å². The van der Waals surface area contributed by atoms with Gasteiger partial charge in [0.05, 0.1) is 5.39 Å². The lowest BCUT2D eigenvalue weighted by molar-refractivity contribution is 0.905. The third-order valence-electron chi connectivity index (χ3n) is 3.11. The van der Waals surface area contributed by atoms with Crippen molar-refractivity contribution in [2.75, 3.05) is 11.9 Å². The molecule has 0 aliphatic rings. The zero-order valence-electron chi connectivity index (χ0n) is 11.3. The van der Waals surface area contributed by atoms with Gasteiger partial charge in [0.25, 0.3) is 0 Å². The van der Waals surface area contributed by atoms with Crippen molar-refractivity contribution in [3.8, 4) is 0 Å². The molecular weight excluding hydrogens is 310 g/mol. The summed E-state index contributed by atoms with van der Waals surface area (Å²) in [5.41, 5.74) is 1.28. The minimum absolute atomic E-state index is 0.314. The Labute approximate surface area is 130 Å². The number of fused-ring (bicyclic) bond motifs is 1. The summed E-state index contributed by atoms with van der Waals surface area (Å²) in [4.78, 5) is 13.2. The summed E-state index contributed by atoms with van der Waals surface area (Å²) in [6.45, 7) is 2.97. The molecule has 3 aromatic rings. The molecule has 0 saturated heterocycles. The lowest BCUT2D eigenvalue weighted by atomic mass is 10.2. The Morgan fingerprint density at radius 3 is 2.90 bits per heavy atom. The molecule has 0 amide bonds. The van der Waals surface area contributed by atoms with Crippen LogP contribution >= 0.6 is 34.3 Å². The maximum atomic E-state index is 6.06. The summed E-state index contributed by atoms with van der Waals surface area (Å²) in [6, 6.07) is 4.31. The maximum Gasteiger partial charge on any atom is 0.225 e. The van der Waals surface area contributed by atoms with Crippen molar-refractivity contribution < 1.29 is 0 Å². The number of aryl methyl sites for hydroxylation is 1. The van der Waals surface area contributed by atoms with Crippen molar-refractivity contribution in [1.29, 1.82) is 0 Å². The quantitative estimate of drug-likeness (QED) is 0.657. The summed E-state index contributed by atoms with van der Waals surface area (Å²) in [5, 5.41) is 5.65. The maximum absolute atomic E-state index is 6.06. The van der Waals surface area contributed by atoms with Crippen LogP contribution < -0.4 is 4.90 Å². The molecule has 0 radical (unpaired) electrons. The second-order valence-corrected chi connectivity index (χ2v) is 6.82. The molecule has 0 N–H and O–H groups in total. The molecule has 3 rings (SSSR count). The Morgan fingerprint density at radius 1 is 1.35 bits per heavy atom. The van der Waals surface area contributed by atoms with Gasteiger partial charge in [0, 0.05) is 18.5 Å². The van der Waals surface area contributed by atoms with Crippen molar-refractivity contribution in [3.63, 3.8) is 0 Å². The predicted octanol–water partition coefficient (Wildman–Crippen LogP) is 4.61. The molecule has 0 unspecified atom stereocenters. The monoisotopic (exact) mass is 323 g/mol. The van der Waals surface area contributed by atoms with E-state index < -0.39 is 0 Å². The van der Waals surface area contributed by atoms with Crippen LogP contribution in [0, 0.1) is 0 Å². The zero-order chi connectivity index (χ0) is 14.1. The van der Waals surface area contributed by atoms with Gasteiger partial charge in [-0.25, -0.2) is 4.98 Å². The van der Waals surface area contributed by atoms with Crippen LogP contribution in [0.1, 0.15) is 17.4 Å². The van der Waals surface area contributed by atoms with Crippen molar-refractivity contribution in [3.05, 3.63) is 38.6 Å². The Balaban J connectivity index is 2.02. The third kappa shape index (κ3) is 2.66. The lowest BCUT2D eigenvalue weighted by Crippen LogP contribution is -2.17. The summed E-state index contributed by atoms with van der Waals surface area (Å²) in [5.74, 6) is 0.905. The van der Waals surface area contributed by atoms with Gasteiger partial charge in [-0.05, 0) is 46.5 Å². The lowest BCUT2D eigenvalue weighted by Gasteiger charge is -2.18. The van der Waals surface area contributed by atoms with Gasteiger partial charge in [-0.3, -0.25) is 0 Å². The molecule has 3 nitrogen and oxygen atoms in total. The van der Waals surface area contributed by atoms with Gasteiger partial charge in [-0.2, -0.15) is 16.3 Å². The summed E-state index contributed by atoms with van der Waals surface area (Å²) in [6.07, 6.45) is 1.01. The van der Waals surface area contributed by atoms with Crippen LogP contribution in [0.3, 0.4) is 0 Å². The summed E-state index contributed by atoms with van der Waals surface area (Å²) < 4.78 is 0. The normalized spacial score (nSPS) is 11.2. The van der Waals surface area contributed by atoms with Gasteiger partial charge in [-0.1, -0.05) is 6.92 Å². The molecule has 104 valence electrons. The van der Waals surface area contributed by atoms with Gasteiger partial charge < -0.3 is 4.90 Å². The Morgan fingerprint density at radius 2 is 2.20 bits per heavy atom. The molecule has 0 aliphatic heterocycles. The molecule has 0 aliphatic carbocycles. The highest BCUT2D eigenvalue weighted by atomic mass is 35.5. The number of hydrogen-bond acceptors (Lipinski definition) is 5. The molecule has 3 heterocycles. The second kappa shape index (κ2) is 5.68. The van der Waals surface area contributed by atoms with Gasteiger partial charge in [0.1, 0.15) is 10.6 Å². The standard InChI is InChI=1S/C14H14ClN3S2/c1-3-10-6-11-12(16-14(15)17-13(11)20-10)18(2)7-9-4-5-19-8-9/h4-6,8H,3,7H2,1-2H3. The zero-order valence-corrected chi connectivity index (χ0v) is 13.6. The number of rotatable bonds is 4. The van der Waals surface area contributed by atoms with E-state index in [-0.39, 0.29) is 0 Å². The SMILES string of the molecule is CCc1cc2c(N(C)Cc3ccsc3)nc(Cl)nc2s1. The van der Waals surface area contributed by atoms with E-state index in [4.69, 9.17) is 11.6 Å². The first-order chi connectivity index (χ1) is 9.67. The Hall–Kier alpha value is -1.17. The van der Waals surface area contributed by atoms with Crippen molar-refractivity contribution in [2.24, 2.45) is 0 Å². The van der Waals surface area contributed by atoms with E-state index in [9.17, 15) is 0 Å².